The molecule has 1 aromatic carbocycles. The number of amides is 1. The first-order valence-electron chi connectivity index (χ1n) is 9.44. The molecule has 0 atom stereocenters. The Balaban J connectivity index is 0.00000300. The molecule has 0 unspecified atom stereocenters. The molecule has 0 aliphatic carbocycles. The summed E-state index contributed by atoms with van der Waals surface area (Å²) in [5, 5.41) is 5.11. The number of likely N-dealkylation sites (N-methyl/N-ethyl adjacent to an activating group) is 1. The van der Waals surface area contributed by atoms with Crippen molar-refractivity contribution in [2.75, 3.05) is 38.7 Å². The van der Waals surface area contributed by atoms with Crippen LogP contribution in [0.5, 0.6) is 5.75 Å². The lowest BCUT2D eigenvalue weighted by atomic mass is 10.3. The highest BCUT2D eigenvalue weighted by Crippen LogP contribution is 2.34. The fourth-order valence-electron chi connectivity index (χ4n) is 2.76. The first-order valence-corrected chi connectivity index (χ1v) is 10.3. The van der Waals surface area contributed by atoms with Crippen molar-refractivity contribution in [1.82, 2.24) is 19.7 Å². The Bertz CT molecular complexity index is 953. The average molecular weight is 438 g/mol. The Morgan fingerprint density at radius 1 is 1.24 bits per heavy atom. The van der Waals surface area contributed by atoms with E-state index in [9.17, 15) is 4.79 Å². The van der Waals surface area contributed by atoms with Gasteiger partial charge in [0.05, 0.1) is 11.3 Å². The van der Waals surface area contributed by atoms with Gasteiger partial charge in [0.25, 0.3) is 5.91 Å². The molecule has 1 amide bonds. The number of hydrogen-bond donors (Lipinski definition) is 0. The van der Waals surface area contributed by atoms with Crippen molar-refractivity contribution >= 4 is 45.0 Å². The Kier molecular flexibility index (Phi) is 8.01. The van der Waals surface area contributed by atoms with Crippen LogP contribution in [0.1, 0.15) is 37.3 Å². The van der Waals surface area contributed by atoms with Crippen molar-refractivity contribution in [3.05, 3.63) is 36.2 Å². The van der Waals surface area contributed by atoms with E-state index < -0.39 is 0 Å². The lowest BCUT2D eigenvalue weighted by Gasteiger charge is -2.21. The standard InChI is InChI=1S/C20H27N5O2S.ClH/c1-6-27-16-8-7-9-17-18(16)21-20(28-17)24(13-12-23(4)5)19(26)15-10-11-25(22-15)14(2)3;/h7-11,14H,6,12-13H2,1-5H3;1H. The predicted octanol–water partition coefficient (Wildman–Crippen LogP) is 4.10. The minimum absolute atomic E-state index is 0. The summed E-state index contributed by atoms with van der Waals surface area (Å²) in [5.74, 6) is 0.602. The first-order chi connectivity index (χ1) is 13.4. The molecule has 3 rings (SSSR count). The van der Waals surface area contributed by atoms with Gasteiger partial charge < -0.3 is 9.64 Å². The number of para-hydroxylation sites is 1. The number of hydrogen-bond acceptors (Lipinski definition) is 6. The van der Waals surface area contributed by atoms with Crippen LogP contribution in [0.3, 0.4) is 0 Å². The topological polar surface area (TPSA) is 63.5 Å². The zero-order chi connectivity index (χ0) is 20.3. The zero-order valence-corrected chi connectivity index (χ0v) is 19.1. The van der Waals surface area contributed by atoms with Crippen LogP contribution in [-0.4, -0.2) is 59.4 Å². The van der Waals surface area contributed by atoms with E-state index >= 15 is 0 Å². The van der Waals surface area contributed by atoms with Crippen LogP contribution in [0, 0.1) is 0 Å². The van der Waals surface area contributed by atoms with Gasteiger partial charge in [0.1, 0.15) is 11.3 Å². The van der Waals surface area contributed by atoms with Gasteiger partial charge in [-0.3, -0.25) is 14.4 Å². The van der Waals surface area contributed by atoms with E-state index in [1.54, 1.807) is 15.6 Å². The van der Waals surface area contributed by atoms with E-state index in [1.165, 1.54) is 11.3 Å². The Morgan fingerprint density at radius 2 is 2.00 bits per heavy atom. The fraction of sp³-hybridized carbons (Fsp3) is 0.450. The van der Waals surface area contributed by atoms with Crippen LogP contribution in [0.2, 0.25) is 0 Å². The van der Waals surface area contributed by atoms with Crippen LogP contribution >= 0.6 is 23.7 Å². The van der Waals surface area contributed by atoms with E-state index in [2.05, 4.69) is 5.10 Å². The van der Waals surface area contributed by atoms with E-state index in [1.807, 2.05) is 64.2 Å². The summed E-state index contributed by atoms with van der Waals surface area (Å²) in [5.41, 5.74) is 1.22. The van der Waals surface area contributed by atoms with E-state index in [0.717, 1.165) is 22.5 Å². The lowest BCUT2D eigenvalue weighted by Crippen LogP contribution is -2.37. The maximum Gasteiger partial charge on any atom is 0.280 e. The Hall–Kier alpha value is -2.16. The number of anilines is 1. The monoisotopic (exact) mass is 437 g/mol. The van der Waals surface area contributed by atoms with Crippen LogP contribution in [-0.2, 0) is 0 Å². The van der Waals surface area contributed by atoms with Gasteiger partial charge in [-0.25, -0.2) is 4.98 Å². The molecule has 0 fully saturated rings. The van der Waals surface area contributed by atoms with Crippen LogP contribution in [0.15, 0.2) is 30.5 Å². The zero-order valence-electron chi connectivity index (χ0n) is 17.5. The van der Waals surface area contributed by atoms with Gasteiger partial charge in [0, 0.05) is 25.3 Å². The third-order valence-corrected chi connectivity index (χ3v) is 5.32. The fourth-order valence-corrected chi connectivity index (χ4v) is 3.77. The summed E-state index contributed by atoms with van der Waals surface area (Å²) in [7, 11) is 3.98. The smallest absolute Gasteiger partial charge is 0.280 e. The van der Waals surface area contributed by atoms with Gasteiger partial charge in [-0.15, -0.1) is 12.4 Å². The molecule has 158 valence electrons. The van der Waals surface area contributed by atoms with Gasteiger partial charge in [0.2, 0.25) is 0 Å². The molecule has 0 spiro atoms. The number of nitrogens with zero attached hydrogens (tertiary/aromatic N) is 5. The molecule has 0 bridgehead atoms. The molecular formula is C20H28ClN5O2S. The number of aromatic nitrogens is 3. The van der Waals surface area contributed by atoms with Crippen molar-refractivity contribution in [2.45, 2.75) is 26.8 Å². The molecule has 0 aliphatic rings. The Labute approximate surface area is 181 Å². The van der Waals surface area contributed by atoms with E-state index in [-0.39, 0.29) is 24.4 Å². The molecule has 7 nitrogen and oxygen atoms in total. The molecule has 3 aromatic rings. The minimum Gasteiger partial charge on any atom is -0.492 e. The highest BCUT2D eigenvalue weighted by atomic mass is 35.5. The third-order valence-electron chi connectivity index (χ3n) is 4.27. The summed E-state index contributed by atoms with van der Waals surface area (Å²) in [6.45, 7) is 7.85. The molecule has 2 heterocycles. The van der Waals surface area contributed by atoms with Gasteiger partial charge in [-0.2, -0.15) is 5.10 Å². The molecule has 2 aromatic heterocycles. The third kappa shape index (κ3) is 5.26. The quantitative estimate of drug-likeness (QED) is 0.530. The summed E-state index contributed by atoms with van der Waals surface area (Å²) >= 11 is 1.49. The van der Waals surface area contributed by atoms with Gasteiger partial charge >= 0.3 is 0 Å². The van der Waals surface area contributed by atoms with Crippen LogP contribution in [0.4, 0.5) is 5.13 Å². The van der Waals surface area contributed by atoms with E-state index in [4.69, 9.17) is 9.72 Å². The summed E-state index contributed by atoms with van der Waals surface area (Å²) < 4.78 is 8.49. The Morgan fingerprint density at radius 3 is 2.62 bits per heavy atom. The van der Waals surface area contributed by atoms with Crippen molar-refractivity contribution in [2.24, 2.45) is 0 Å². The highest BCUT2D eigenvalue weighted by molar-refractivity contribution is 7.22. The number of thiazole rings is 1. The van der Waals surface area contributed by atoms with Gasteiger partial charge in [-0.1, -0.05) is 17.4 Å². The molecule has 0 saturated heterocycles. The molecular weight excluding hydrogens is 410 g/mol. The number of ether oxygens (including phenoxy) is 1. The largest absolute Gasteiger partial charge is 0.492 e. The molecule has 0 radical (unpaired) electrons. The number of rotatable bonds is 8. The molecule has 0 aliphatic heterocycles. The highest BCUT2D eigenvalue weighted by Gasteiger charge is 2.24. The lowest BCUT2D eigenvalue weighted by molar-refractivity contribution is 0.0979. The maximum atomic E-state index is 13.2. The summed E-state index contributed by atoms with van der Waals surface area (Å²) in [4.78, 5) is 21.8. The number of benzene rings is 1. The van der Waals surface area contributed by atoms with E-state index in [0.29, 0.717) is 24.0 Å². The van der Waals surface area contributed by atoms with Crippen molar-refractivity contribution in [3.8, 4) is 5.75 Å². The number of carbonyl (C=O) groups is 1. The van der Waals surface area contributed by atoms with Crippen molar-refractivity contribution < 1.29 is 9.53 Å². The average Bonchev–Trinajstić information content (AvgIpc) is 3.29. The second kappa shape index (κ2) is 10.0. The minimum atomic E-state index is -0.140. The molecule has 29 heavy (non-hydrogen) atoms. The SMILES string of the molecule is CCOc1cccc2sc(N(CCN(C)C)C(=O)c3ccn(C(C)C)n3)nc12.Cl. The molecule has 9 heteroatoms. The number of carbonyl (C=O) groups excluding carboxylic acids is 1. The van der Waals surface area contributed by atoms with Crippen LogP contribution < -0.4 is 9.64 Å². The van der Waals surface area contributed by atoms with Gasteiger partial charge in [0.15, 0.2) is 10.8 Å². The number of fused-ring (bicyclic) bond motifs is 1. The second-order valence-corrected chi connectivity index (χ2v) is 8.08. The van der Waals surface area contributed by atoms with Crippen LogP contribution in [0.25, 0.3) is 10.2 Å². The number of halogens is 1. The normalized spacial score (nSPS) is 11.1. The van der Waals surface area contributed by atoms with Crippen molar-refractivity contribution in [3.63, 3.8) is 0 Å². The molecule has 0 N–H and O–H groups in total. The summed E-state index contributed by atoms with van der Waals surface area (Å²) in [6.07, 6.45) is 1.84. The predicted molar refractivity (Wildman–Crippen MR) is 121 cm³/mol. The second-order valence-electron chi connectivity index (χ2n) is 7.07. The molecule has 0 saturated carbocycles. The summed E-state index contributed by atoms with van der Waals surface area (Å²) in [6, 6.07) is 7.83. The van der Waals surface area contributed by atoms with Gasteiger partial charge in [-0.05, 0) is 53.1 Å². The first kappa shape index (κ1) is 23.1. The van der Waals surface area contributed by atoms with Crippen molar-refractivity contribution in [1.29, 1.82) is 0 Å². The maximum absolute atomic E-state index is 13.2.